The molecule has 0 aromatic heterocycles. The van der Waals surface area contributed by atoms with Crippen molar-refractivity contribution in [2.24, 2.45) is 5.73 Å². The van der Waals surface area contributed by atoms with Crippen LogP contribution < -0.4 is 5.73 Å². The summed E-state index contributed by atoms with van der Waals surface area (Å²) >= 11 is 8.43. The molecule has 0 heterocycles. The van der Waals surface area contributed by atoms with Crippen LogP contribution in [0.4, 0.5) is 0 Å². The van der Waals surface area contributed by atoms with Crippen molar-refractivity contribution in [3.05, 3.63) is 34.3 Å². The maximum absolute atomic E-state index is 5.60. The predicted molar refractivity (Wildman–Crippen MR) is 76.5 cm³/mol. The van der Waals surface area contributed by atoms with E-state index in [0.717, 1.165) is 11.0 Å². The van der Waals surface area contributed by atoms with Crippen LogP contribution in [0.2, 0.25) is 0 Å². The number of hydrogen-bond acceptors (Lipinski definition) is 2. The van der Waals surface area contributed by atoms with Crippen molar-refractivity contribution >= 4 is 33.1 Å². The van der Waals surface area contributed by atoms with E-state index in [2.05, 4.69) is 46.8 Å². The van der Waals surface area contributed by atoms with Crippen molar-refractivity contribution in [1.29, 1.82) is 0 Å². The highest BCUT2D eigenvalue weighted by Crippen LogP contribution is 2.14. The van der Waals surface area contributed by atoms with Gasteiger partial charge in [0.1, 0.15) is 0 Å². The molecular formula is C12H17BrN2S. The smallest absolute Gasteiger partial charge is 0.0870 e. The van der Waals surface area contributed by atoms with Crippen LogP contribution in [-0.4, -0.2) is 22.5 Å². The minimum atomic E-state index is 0.431. The topological polar surface area (TPSA) is 29.3 Å². The van der Waals surface area contributed by atoms with Crippen LogP contribution in [0.15, 0.2) is 28.7 Å². The van der Waals surface area contributed by atoms with Gasteiger partial charge >= 0.3 is 0 Å². The van der Waals surface area contributed by atoms with Crippen LogP contribution in [0.1, 0.15) is 19.4 Å². The Bertz CT molecular complexity index is 366. The summed E-state index contributed by atoms with van der Waals surface area (Å²) in [6.07, 6.45) is 0. The van der Waals surface area contributed by atoms with Gasteiger partial charge in [-0.25, -0.2) is 0 Å². The number of benzene rings is 1. The minimum Gasteiger partial charge on any atom is -0.392 e. The molecule has 0 amide bonds. The van der Waals surface area contributed by atoms with Gasteiger partial charge in [0.05, 0.1) is 4.99 Å². The molecular weight excluding hydrogens is 284 g/mol. The van der Waals surface area contributed by atoms with Gasteiger partial charge in [-0.05, 0) is 31.5 Å². The van der Waals surface area contributed by atoms with Crippen molar-refractivity contribution in [1.82, 2.24) is 4.90 Å². The Morgan fingerprint density at radius 3 is 2.69 bits per heavy atom. The Hall–Kier alpha value is -0.450. The Balaban J connectivity index is 2.71. The van der Waals surface area contributed by atoms with E-state index in [1.807, 2.05) is 12.1 Å². The zero-order chi connectivity index (χ0) is 12.1. The molecule has 0 spiro atoms. The number of rotatable bonds is 5. The number of nitrogens with two attached hydrogens (primary N) is 1. The molecule has 0 fully saturated rings. The number of hydrogen-bond donors (Lipinski definition) is 1. The third-order valence-corrected chi connectivity index (χ3v) is 2.99. The highest BCUT2D eigenvalue weighted by molar-refractivity contribution is 9.10. The molecule has 0 aliphatic rings. The van der Waals surface area contributed by atoms with E-state index in [1.54, 1.807) is 0 Å². The van der Waals surface area contributed by atoms with Gasteiger partial charge in [-0.1, -0.05) is 40.3 Å². The lowest BCUT2D eigenvalue weighted by atomic mass is 10.2. The first-order valence-corrected chi connectivity index (χ1v) is 6.46. The van der Waals surface area contributed by atoms with Gasteiger partial charge in [-0.2, -0.15) is 0 Å². The molecule has 0 bridgehead atoms. The molecule has 0 radical (unpaired) electrons. The molecule has 0 saturated heterocycles. The lowest BCUT2D eigenvalue weighted by Gasteiger charge is -2.25. The minimum absolute atomic E-state index is 0.431. The Morgan fingerprint density at radius 1 is 1.50 bits per heavy atom. The lowest BCUT2D eigenvalue weighted by Crippen LogP contribution is -2.37. The average Bonchev–Trinajstić information content (AvgIpc) is 2.15. The Morgan fingerprint density at radius 2 is 2.19 bits per heavy atom. The fourth-order valence-corrected chi connectivity index (χ4v) is 2.10. The van der Waals surface area contributed by atoms with Crippen LogP contribution in [0.25, 0.3) is 0 Å². The van der Waals surface area contributed by atoms with Gasteiger partial charge in [-0.3, -0.25) is 4.90 Å². The quantitative estimate of drug-likeness (QED) is 0.848. The van der Waals surface area contributed by atoms with Crippen LogP contribution >= 0.6 is 28.1 Å². The van der Waals surface area contributed by atoms with E-state index in [-0.39, 0.29) is 0 Å². The first-order valence-electron chi connectivity index (χ1n) is 5.26. The van der Waals surface area contributed by atoms with Gasteiger partial charge in [0.25, 0.3) is 0 Å². The van der Waals surface area contributed by atoms with E-state index >= 15 is 0 Å². The zero-order valence-corrected chi connectivity index (χ0v) is 12.0. The van der Waals surface area contributed by atoms with Crippen molar-refractivity contribution in [2.75, 3.05) is 6.54 Å². The fourth-order valence-electron chi connectivity index (χ4n) is 1.49. The standard InChI is InChI=1S/C12H17BrN2S/c1-9(2)15(8-12(14)16)7-10-4-3-5-11(13)6-10/h3-6,9H,7-8H2,1-2H3,(H2,14,16). The number of thiocarbonyl (C=S) groups is 1. The second-order valence-corrected chi connectivity index (χ2v) is 5.54. The molecule has 0 aliphatic heterocycles. The van der Waals surface area contributed by atoms with Crippen molar-refractivity contribution in [3.63, 3.8) is 0 Å². The molecule has 88 valence electrons. The van der Waals surface area contributed by atoms with E-state index < -0.39 is 0 Å². The lowest BCUT2D eigenvalue weighted by molar-refractivity contribution is 0.245. The molecule has 2 nitrogen and oxygen atoms in total. The molecule has 0 atom stereocenters. The predicted octanol–water partition coefficient (Wildman–Crippen LogP) is 2.95. The zero-order valence-electron chi connectivity index (χ0n) is 9.61. The van der Waals surface area contributed by atoms with E-state index in [9.17, 15) is 0 Å². The SMILES string of the molecule is CC(C)N(CC(N)=S)Cc1cccc(Br)c1. The molecule has 1 rings (SSSR count). The van der Waals surface area contributed by atoms with E-state index in [4.69, 9.17) is 18.0 Å². The molecule has 1 aromatic rings. The average molecular weight is 301 g/mol. The molecule has 16 heavy (non-hydrogen) atoms. The third-order valence-electron chi connectivity index (χ3n) is 2.36. The van der Waals surface area contributed by atoms with Gasteiger partial charge < -0.3 is 5.73 Å². The maximum atomic E-state index is 5.60. The molecule has 1 aromatic carbocycles. The molecule has 0 saturated carbocycles. The van der Waals surface area contributed by atoms with Crippen molar-refractivity contribution < 1.29 is 0 Å². The largest absolute Gasteiger partial charge is 0.392 e. The molecule has 0 aliphatic carbocycles. The van der Waals surface area contributed by atoms with Crippen molar-refractivity contribution in [2.45, 2.75) is 26.4 Å². The summed E-state index contributed by atoms with van der Waals surface area (Å²) in [5.74, 6) is 0. The Kier molecular flexibility index (Phi) is 5.38. The maximum Gasteiger partial charge on any atom is 0.0870 e. The van der Waals surface area contributed by atoms with Gasteiger partial charge in [0, 0.05) is 23.6 Å². The fraction of sp³-hybridized carbons (Fsp3) is 0.417. The first-order chi connectivity index (χ1) is 7.49. The van der Waals surface area contributed by atoms with Gasteiger partial charge in [0.15, 0.2) is 0 Å². The van der Waals surface area contributed by atoms with Crippen LogP contribution in [0, 0.1) is 0 Å². The van der Waals surface area contributed by atoms with Crippen LogP contribution in [-0.2, 0) is 6.54 Å². The molecule has 0 unspecified atom stereocenters. The van der Waals surface area contributed by atoms with Gasteiger partial charge in [0.2, 0.25) is 0 Å². The molecule has 2 N–H and O–H groups in total. The van der Waals surface area contributed by atoms with Crippen LogP contribution in [0.3, 0.4) is 0 Å². The second kappa shape index (κ2) is 6.33. The Labute approximate surface area is 111 Å². The normalized spacial score (nSPS) is 11.1. The summed E-state index contributed by atoms with van der Waals surface area (Å²) in [5.41, 5.74) is 6.86. The first kappa shape index (κ1) is 13.6. The summed E-state index contributed by atoms with van der Waals surface area (Å²) in [4.78, 5) is 2.80. The highest BCUT2D eigenvalue weighted by Gasteiger charge is 2.11. The summed E-state index contributed by atoms with van der Waals surface area (Å²) in [5, 5.41) is 0. The van der Waals surface area contributed by atoms with E-state index in [1.165, 1.54) is 5.56 Å². The number of nitrogens with zero attached hydrogens (tertiary/aromatic N) is 1. The van der Waals surface area contributed by atoms with Gasteiger partial charge in [-0.15, -0.1) is 0 Å². The summed E-state index contributed by atoms with van der Waals surface area (Å²) < 4.78 is 1.10. The van der Waals surface area contributed by atoms with Crippen LogP contribution in [0.5, 0.6) is 0 Å². The third kappa shape index (κ3) is 4.60. The summed E-state index contributed by atoms with van der Waals surface area (Å²) in [6, 6.07) is 8.73. The highest BCUT2D eigenvalue weighted by atomic mass is 79.9. The second-order valence-electron chi connectivity index (χ2n) is 4.09. The summed E-state index contributed by atoms with van der Waals surface area (Å²) in [7, 11) is 0. The number of halogens is 1. The molecule has 4 heteroatoms. The summed E-state index contributed by atoms with van der Waals surface area (Å²) in [6.45, 7) is 5.83. The van der Waals surface area contributed by atoms with E-state index in [0.29, 0.717) is 17.6 Å². The van der Waals surface area contributed by atoms with Crippen molar-refractivity contribution in [3.8, 4) is 0 Å². The monoisotopic (exact) mass is 300 g/mol.